The summed E-state index contributed by atoms with van der Waals surface area (Å²) < 4.78 is 24.0. The van der Waals surface area contributed by atoms with E-state index in [1.54, 1.807) is 29.2 Å². The number of rotatable bonds is 9. The molecule has 2 aromatic heterocycles. The van der Waals surface area contributed by atoms with Gasteiger partial charge in [0.1, 0.15) is 18.0 Å². The maximum Gasteiger partial charge on any atom is 0.328 e. The van der Waals surface area contributed by atoms with Gasteiger partial charge in [-0.2, -0.15) is 5.26 Å². The molecule has 8 rings (SSSR count). The predicted octanol–water partition coefficient (Wildman–Crippen LogP) is 6.02. The number of nitriles is 1. The maximum atomic E-state index is 15.9. The van der Waals surface area contributed by atoms with Gasteiger partial charge in [0.05, 0.1) is 33.9 Å². The summed E-state index contributed by atoms with van der Waals surface area (Å²) in [6.45, 7) is 3.99. The molecule has 0 radical (unpaired) electrons. The monoisotopic (exact) mass is 781 g/mol. The zero-order valence-electron chi connectivity index (χ0n) is 31.1. The number of halogens is 2. The summed E-state index contributed by atoms with van der Waals surface area (Å²) in [6.07, 6.45) is 6.91. The summed E-state index contributed by atoms with van der Waals surface area (Å²) in [5, 5.41) is 24.5. The van der Waals surface area contributed by atoms with Gasteiger partial charge in [0.25, 0.3) is 5.91 Å². The Labute approximate surface area is 329 Å². The summed E-state index contributed by atoms with van der Waals surface area (Å²) in [5.74, 6) is 1.33. The van der Waals surface area contributed by atoms with E-state index in [1.807, 2.05) is 41.1 Å². The van der Waals surface area contributed by atoms with Gasteiger partial charge in [0.2, 0.25) is 5.91 Å². The molecule has 1 saturated carbocycles. The molecule has 4 aliphatic rings. The van der Waals surface area contributed by atoms with Crippen LogP contribution in [-0.4, -0.2) is 95.1 Å². The molecule has 292 valence electrons. The fourth-order valence-electron chi connectivity index (χ4n) is 8.69. The Bertz CT molecular complexity index is 2130. The Hall–Kier alpha value is -5.26. The first kappa shape index (κ1) is 37.7. The molecular formula is C41H45ClFN9O4. The first-order valence-electron chi connectivity index (χ1n) is 19.6. The number of anilines is 2. The van der Waals surface area contributed by atoms with Gasteiger partial charge in [-0.15, -0.1) is 10.2 Å². The van der Waals surface area contributed by atoms with Crippen LogP contribution in [0.25, 0.3) is 10.9 Å². The molecule has 4 fully saturated rings. The highest BCUT2D eigenvalue weighted by atomic mass is 35.5. The average Bonchev–Trinajstić information content (AvgIpc) is 3.64. The quantitative estimate of drug-likeness (QED) is 0.208. The molecule has 1 aliphatic carbocycles. The number of benzene rings is 2. The molecular weight excluding hydrogens is 737 g/mol. The molecule has 5 heterocycles. The van der Waals surface area contributed by atoms with Crippen LogP contribution in [0.2, 0.25) is 5.02 Å². The van der Waals surface area contributed by atoms with Gasteiger partial charge in [-0.3, -0.25) is 19.8 Å². The summed E-state index contributed by atoms with van der Waals surface area (Å²) in [4.78, 5) is 43.3. The number of piperidine rings is 2. The number of nitrogens with one attached hydrogen (secondary N) is 2. The number of aromatic nitrogens is 3. The molecule has 2 aromatic carbocycles. The number of hydrogen-bond acceptors (Lipinski definition) is 9. The molecule has 3 aliphatic heterocycles. The van der Waals surface area contributed by atoms with E-state index in [9.17, 15) is 14.4 Å². The number of imide groups is 1. The maximum absolute atomic E-state index is 15.9. The normalized spacial score (nSPS) is 23.8. The lowest BCUT2D eigenvalue weighted by Gasteiger charge is -2.39. The molecule has 15 heteroatoms. The van der Waals surface area contributed by atoms with Crippen molar-refractivity contribution < 1.29 is 23.5 Å². The molecule has 0 spiro atoms. The van der Waals surface area contributed by atoms with Crippen molar-refractivity contribution in [1.29, 1.82) is 5.26 Å². The van der Waals surface area contributed by atoms with Crippen molar-refractivity contribution in [2.75, 3.05) is 49.1 Å². The second-order valence-corrected chi connectivity index (χ2v) is 15.8. The van der Waals surface area contributed by atoms with Crippen molar-refractivity contribution >= 4 is 51.9 Å². The van der Waals surface area contributed by atoms with Crippen LogP contribution >= 0.6 is 11.6 Å². The molecule has 0 bridgehead atoms. The van der Waals surface area contributed by atoms with E-state index < -0.39 is 12.2 Å². The van der Waals surface area contributed by atoms with Crippen LogP contribution in [0.5, 0.6) is 5.75 Å². The third-order valence-electron chi connectivity index (χ3n) is 11.7. The van der Waals surface area contributed by atoms with Gasteiger partial charge in [0.15, 0.2) is 11.5 Å². The number of ether oxygens (including phenoxy) is 1. The van der Waals surface area contributed by atoms with Gasteiger partial charge >= 0.3 is 6.03 Å². The Morgan fingerprint density at radius 1 is 0.982 bits per heavy atom. The fraction of sp³-hybridized carbons (Fsp3) is 0.463. The molecule has 3 saturated heterocycles. The number of urea groups is 1. The molecule has 2 atom stereocenters. The van der Waals surface area contributed by atoms with Gasteiger partial charge in [-0.25, -0.2) is 9.18 Å². The summed E-state index contributed by atoms with van der Waals surface area (Å²) >= 11 is 6.14. The Morgan fingerprint density at radius 2 is 1.80 bits per heavy atom. The zero-order chi connectivity index (χ0) is 38.8. The SMILES string of the molecule is N#Cc1ccc(O[C@H]2CC[C@H](NC(=O)c3ccc(N4CCC(CN5CC[C@H](n6ccc7c(N8CCC(=O)NC8=O)cccc76)[C@@H](F)C5)CC4)nn3)CC2)cc1Cl. The first-order valence-corrected chi connectivity index (χ1v) is 19.9. The van der Waals surface area contributed by atoms with E-state index in [-0.39, 0.29) is 36.4 Å². The van der Waals surface area contributed by atoms with Crippen LogP contribution in [0.1, 0.15) is 73.5 Å². The summed E-state index contributed by atoms with van der Waals surface area (Å²) in [6, 6.07) is 17.7. The van der Waals surface area contributed by atoms with E-state index in [0.717, 1.165) is 87.1 Å². The van der Waals surface area contributed by atoms with Crippen molar-refractivity contribution in [2.24, 2.45) is 5.92 Å². The summed E-state index contributed by atoms with van der Waals surface area (Å²) in [5.41, 5.74) is 2.31. The van der Waals surface area contributed by atoms with Crippen molar-refractivity contribution in [3.05, 3.63) is 77.1 Å². The fourth-order valence-corrected chi connectivity index (χ4v) is 8.90. The van der Waals surface area contributed by atoms with Crippen molar-refractivity contribution in [2.45, 2.75) is 75.7 Å². The van der Waals surface area contributed by atoms with Gasteiger partial charge < -0.3 is 24.4 Å². The standard InChI is InChI=1S/C41H45ClFN9O4/c42-32-22-30(7-4-27(32)23-44)56-29-8-5-28(6-9-29)45-40(54)34-10-11-38(48-47-34)50-18-12-26(13-19-50)24-49-17-15-37(33(43)25-49)51-20-14-31-35(51)2-1-3-36(31)52-21-16-39(53)46-41(52)55/h1-4,7,10-11,14,20,22,26,28-29,33,37H,5-6,8-9,12-13,15-19,21,24-25H2,(H,45,54)(H,46,53,55)/t28-,29-,33-,37-/m0/s1. The highest BCUT2D eigenvalue weighted by Gasteiger charge is 2.34. The average molecular weight is 782 g/mol. The number of nitrogens with zero attached hydrogens (tertiary/aromatic N) is 7. The minimum atomic E-state index is -1.03. The second kappa shape index (κ2) is 16.5. The van der Waals surface area contributed by atoms with Crippen molar-refractivity contribution in [1.82, 2.24) is 30.3 Å². The van der Waals surface area contributed by atoms with Crippen molar-refractivity contribution in [3.8, 4) is 11.8 Å². The molecule has 13 nitrogen and oxygen atoms in total. The smallest absolute Gasteiger partial charge is 0.328 e. The lowest BCUT2D eigenvalue weighted by Crippen LogP contribution is -2.49. The predicted molar refractivity (Wildman–Crippen MR) is 210 cm³/mol. The van der Waals surface area contributed by atoms with E-state index in [4.69, 9.17) is 21.6 Å². The highest BCUT2D eigenvalue weighted by molar-refractivity contribution is 6.31. The largest absolute Gasteiger partial charge is 0.490 e. The molecule has 56 heavy (non-hydrogen) atoms. The van der Waals surface area contributed by atoms with Gasteiger partial charge in [-0.1, -0.05) is 17.7 Å². The van der Waals surface area contributed by atoms with Crippen LogP contribution in [0.4, 0.5) is 20.7 Å². The minimum absolute atomic E-state index is 0.0171. The molecule has 4 aromatic rings. The van der Waals surface area contributed by atoms with Crippen LogP contribution in [0.15, 0.2) is 60.8 Å². The Kier molecular flexibility index (Phi) is 11.1. The minimum Gasteiger partial charge on any atom is -0.490 e. The highest BCUT2D eigenvalue weighted by Crippen LogP contribution is 2.35. The van der Waals surface area contributed by atoms with E-state index in [0.29, 0.717) is 47.5 Å². The number of fused-ring (bicyclic) bond motifs is 1. The molecule has 0 unspecified atom stereocenters. The molecule has 2 N–H and O–H groups in total. The van der Waals surface area contributed by atoms with Crippen LogP contribution in [0, 0.1) is 17.2 Å². The molecule has 4 amide bonds. The lowest BCUT2D eigenvalue weighted by molar-refractivity contribution is -0.120. The lowest BCUT2D eigenvalue weighted by atomic mass is 9.92. The van der Waals surface area contributed by atoms with E-state index >= 15 is 4.39 Å². The summed E-state index contributed by atoms with van der Waals surface area (Å²) in [7, 11) is 0. The van der Waals surface area contributed by atoms with E-state index in [1.165, 1.54) is 0 Å². The van der Waals surface area contributed by atoms with Gasteiger partial charge in [-0.05, 0) is 93.3 Å². The number of likely N-dealkylation sites (tertiary alicyclic amines) is 1. The number of carbonyl (C=O) groups excluding carboxylic acids is 3. The van der Waals surface area contributed by atoms with E-state index in [2.05, 4.69) is 36.7 Å². The van der Waals surface area contributed by atoms with Crippen LogP contribution < -0.4 is 25.2 Å². The van der Waals surface area contributed by atoms with Crippen LogP contribution in [-0.2, 0) is 4.79 Å². The Morgan fingerprint density at radius 3 is 2.52 bits per heavy atom. The Balaban J connectivity index is 0.774. The van der Waals surface area contributed by atoms with Gasteiger partial charge in [0, 0.05) is 69.4 Å². The number of carbonyl (C=O) groups is 3. The van der Waals surface area contributed by atoms with Crippen molar-refractivity contribution in [3.63, 3.8) is 0 Å². The third kappa shape index (κ3) is 8.15. The second-order valence-electron chi connectivity index (χ2n) is 15.3. The number of alkyl halides is 1. The third-order valence-corrected chi connectivity index (χ3v) is 12.1. The first-order chi connectivity index (χ1) is 27.2. The van der Waals surface area contributed by atoms with Crippen LogP contribution in [0.3, 0.4) is 0 Å². The topological polar surface area (TPSA) is 149 Å². The number of hydrogen-bond donors (Lipinski definition) is 2. The number of amides is 4. The zero-order valence-corrected chi connectivity index (χ0v) is 31.8.